The fraction of sp³-hybridized carbons (Fsp3) is 0.667. The van der Waals surface area contributed by atoms with E-state index in [-0.39, 0.29) is 30.6 Å². The molecule has 0 aromatic heterocycles. The zero-order valence-corrected chi connectivity index (χ0v) is 9.68. The van der Waals surface area contributed by atoms with Crippen LogP contribution in [0.4, 0.5) is 0 Å². The average Bonchev–Trinajstić information content (AvgIpc) is 1.99. The van der Waals surface area contributed by atoms with Gasteiger partial charge in [0.2, 0.25) is 0 Å². The third kappa shape index (κ3) is 12.2. The molecule has 82 valence electrons. The molecule has 0 bridgehead atoms. The lowest BCUT2D eigenvalue weighted by Crippen LogP contribution is -2.27. The number of rotatable bonds is 6. The van der Waals surface area contributed by atoms with E-state index in [0.717, 1.165) is 5.41 Å². The molecule has 13 heavy (non-hydrogen) atoms. The summed E-state index contributed by atoms with van der Waals surface area (Å²) in [6.45, 7) is 4.79. The third-order valence-electron chi connectivity index (χ3n) is 1.14. The standard InChI is InChI=1S/C6H14N2O2S.2ClH/c1-2-11(9,10)6-5-8-4-3-7;;/h2,8H,1,3-7H2;2*1H. The van der Waals surface area contributed by atoms with Gasteiger partial charge in [-0.1, -0.05) is 6.58 Å². The Balaban J connectivity index is -0.000000500. The summed E-state index contributed by atoms with van der Waals surface area (Å²) in [7, 11) is -3.04. The fourth-order valence-corrected chi connectivity index (χ4v) is 1.12. The largest absolute Gasteiger partial charge is 0.329 e. The van der Waals surface area contributed by atoms with Gasteiger partial charge in [-0.3, -0.25) is 0 Å². The second-order valence-corrected chi connectivity index (χ2v) is 4.14. The van der Waals surface area contributed by atoms with Crippen LogP contribution in [-0.2, 0) is 9.84 Å². The van der Waals surface area contributed by atoms with Crippen molar-refractivity contribution >= 4 is 34.7 Å². The van der Waals surface area contributed by atoms with E-state index in [4.69, 9.17) is 5.73 Å². The number of nitrogens with two attached hydrogens (primary N) is 1. The van der Waals surface area contributed by atoms with Gasteiger partial charge in [-0.25, -0.2) is 8.42 Å². The van der Waals surface area contributed by atoms with Crippen LogP contribution in [0.5, 0.6) is 0 Å². The van der Waals surface area contributed by atoms with Crippen LogP contribution >= 0.6 is 24.8 Å². The Morgan fingerprint density at radius 1 is 1.31 bits per heavy atom. The van der Waals surface area contributed by atoms with Gasteiger partial charge in [0, 0.05) is 25.0 Å². The van der Waals surface area contributed by atoms with E-state index in [1.54, 1.807) is 0 Å². The van der Waals surface area contributed by atoms with E-state index in [1.165, 1.54) is 0 Å². The van der Waals surface area contributed by atoms with Crippen LogP contribution in [0.15, 0.2) is 12.0 Å². The van der Waals surface area contributed by atoms with Crippen molar-refractivity contribution in [1.82, 2.24) is 5.32 Å². The molecule has 0 saturated carbocycles. The predicted molar refractivity (Wildman–Crippen MR) is 60.4 cm³/mol. The Bertz CT molecular complexity index is 207. The molecule has 0 aliphatic carbocycles. The Hall–Kier alpha value is 0.190. The minimum absolute atomic E-state index is 0. The van der Waals surface area contributed by atoms with E-state index in [2.05, 4.69) is 11.9 Å². The highest BCUT2D eigenvalue weighted by molar-refractivity contribution is 7.94. The van der Waals surface area contributed by atoms with E-state index in [0.29, 0.717) is 19.6 Å². The second-order valence-electron chi connectivity index (χ2n) is 2.07. The number of nitrogens with one attached hydrogen (secondary N) is 1. The van der Waals surface area contributed by atoms with Crippen molar-refractivity contribution in [2.24, 2.45) is 5.73 Å². The quantitative estimate of drug-likeness (QED) is 0.648. The van der Waals surface area contributed by atoms with Gasteiger partial charge in [-0.15, -0.1) is 24.8 Å². The SMILES string of the molecule is C=CS(=O)(=O)CCNCCN.Cl.Cl. The molecular weight excluding hydrogens is 235 g/mol. The van der Waals surface area contributed by atoms with Crippen LogP contribution < -0.4 is 11.1 Å². The first-order valence-electron chi connectivity index (χ1n) is 3.38. The first-order chi connectivity index (χ1) is 5.12. The van der Waals surface area contributed by atoms with Crippen molar-refractivity contribution in [3.05, 3.63) is 12.0 Å². The molecule has 0 rings (SSSR count). The highest BCUT2D eigenvalue weighted by Gasteiger charge is 2.02. The molecule has 0 aliphatic rings. The maximum Gasteiger partial charge on any atom is 0.172 e. The van der Waals surface area contributed by atoms with E-state index >= 15 is 0 Å². The first-order valence-corrected chi connectivity index (χ1v) is 5.10. The third-order valence-corrected chi connectivity index (χ3v) is 2.42. The van der Waals surface area contributed by atoms with Gasteiger partial charge in [0.15, 0.2) is 9.84 Å². The minimum atomic E-state index is -3.04. The molecule has 0 aliphatic heterocycles. The van der Waals surface area contributed by atoms with Crippen LogP contribution in [0.2, 0.25) is 0 Å². The van der Waals surface area contributed by atoms with Gasteiger partial charge >= 0.3 is 0 Å². The molecule has 3 N–H and O–H groups in total. The summed E-state index contributed by atoms with van der Waals surface area (Å²) in [5.74, 6) is 0.0937. The van der Waals surface area contributed by atoms with Crippen LogP contribution in [0.25, 0.3) is 0 Å². The van der Waals surface area contributed by atoms with Crippen molar-refractivity contribution in [3.8, 4) is 0 Å². The summed E-state index contributed by atoms with van der Waals surface area (Å²) in [5, 5.41) is 3.84. The summed E-state index contributed by atoms with van der Waals surface area (Å²) < 4.78 is 21.5. The predicted octanol–water partition coefficient (Wildman–Crippen LogP) is -0.0634. The molecule has 0 radical (unpaired) electrons. The van der Waals surface area contributed by atoms with Crippen LogP contribution in [0.1, 0.15) is 0 Å². The number of hydrogen-bond acceptors (Lipinski definition) is 4. The Labute approximate surface area is 91.7 Å². The van der Waals surface area contributed by atoms with Gasteiger partial charge < -0.3 is 11.1 Å². The topological polar surface area (TPSA) is 72.2 Å². The molecular formula is C6H16Cl2N2O2S. The Kier molecular flexibility index (Phi) is 14.9. The molecule has 0 unspecified atom stereocenters. The molecule has 7 heteroatoms. The van der Waals surface area contributed by atoms with Gasteiger partial charge in [0.05, 0.1) is 5.75 Å². The van der Waals surface area contributed by atoms with E-state index in [9.17, 15) is 8.42 Å². The minimum Gasteiger partial charge on any atom is -0.329 e. The zero-order chi connectivity index (χ0) is 8.74. The molecule has 0 atom stereocenters. The molecule has 0 amide bonds. The highest BCUT2D eigenvalue weighted by Crippen LogP contribution is 1.87. The van der Waals surface area contributed by atoms with Gasteiger partial charge in [-0.05, 0) is 0 Å². The summed E-state index contributed by atoms with van der Waals surface area (Å²) >= 11 is 0. The van der Waals surface area contributed by atoms with Crippen LogP contribution in [0.3, 0.4) is 0 Å². The summed E-state index contributed by atoms with van der Waals surface area (Å²) in [6, 6.07) is 0. The Morgan fingerprint density at radius 2 is 1.85 bits per heavy atom. The molecule has 0 saturated heterocycles. The molecule has 4 nitrogen and oxygen atoms in total. The average molecular weight is 251 g/mol. The maximum atomic E-state index is 10.8. The molecule has 0 spiro atoms. The monoisotopic (exact) mass is 250 g/mol. The number of hydrogen-bond donors (Lipinski definition) is 2. The van der Waals surface area contributed by atoms with Crippen LogP contribution in [-0.4, -0.2) is 33.8 Å². The summed E-state index contributed by atoms with van der Waals surface area (Å²) in [5.41, 5.74) is 5.18. The lowest BCUT2D eigenvalue weighted by Gasteiger charge is -2.00. The fourth-order valence-electron chi connectivity index (χ4n) is 0.525. The smallest absolute Gasteiger partial charge is 0.172 e. The van der Waals surface area contributed by atoms with Crippen molar-refractivity contribution in [1.29, 1.82) is 0 Å². The normalized spacial score (nSPS) is 9.62. The Morgan fingerprint density at radius 3 is 2.23 bits per heavy atom. The number of sulfone groups is 1. The van der Waals surface area contributed by atoms with E-state index in [1.807, 2.05) is 0 Å². The van der Waals surface area contributed by atoms with Gasteiger partial charge in [0.1, 0.15) is 0 Å². The highest BCUT2D eigenvalue weighted by atomic mass is 35.5. The first kappa shape index (κ1) is 18.9. The summed E-state index contributed by atoms with van der Waals surface area (Å²) in [4.78, 5) is 0. The zero-order valence-electron chi connectivity index (χ0n) is 7.23. The van der Waals surface area contributed by atoms with Crippen molar-refractivity contribution in [3.63, 3.8) is 0 Å². The summed E-state index contributed by atoms with van der Waals surface area (Å²) in [6.07, 6.45) is 0. The second kappa shape index (κ2) is 10.3. The lowest BCUT2D eigenvalue weighted by molar-refractivity contribution is 0.599. The molecule has 0 fully saturated rings. The van der Waals surface area contributed by atoms with Gasteiger partial charge in [0.25, 0.3) is 0 Å². The molecule has 0 aromatic carbocycles. The number of halogens is 2. The molecule has 0 heterocycles. The maximum absolute atomic E-state index is 10.8. The molecule has 0 aromatic rings. The van der Waals surface area contributed by atoms with Crippen molar-refractivity contribution in [2.45, 2.75) is 0 Å². The van der Waals surface area contributed by atoms with E-state index < -0.39 is 9.84 Å². The lowest BCUT2D eigenvalue weighted by atomic mass is 10.6. The van der Waals surface area contributed by atoms with Crippen molar-refractivity contribution in [2.75, 3.05) is 25.4 Å². The van der Waals surface area contributed by atoms with Crippen LogP contribution in [0, 0.1) is 0 Å². The van der Waals surface area contributed by atoms with Crippen molar-refractivity contribution < 1.29 is 8.42 Å². The van der Waals surface area contributed by atoms with Gasteiger partial charge in [-0.2, -0.15) is 0 Å².